The van der Waals surface area contributed by atoms with Crippen LogP contribution >= 0.6 is 0 Å². The van der Waals surface area contributed by atoms with Crippen LogP contribution < -0.4 is 0 Å². The maximum Gasteiger partial charge on any atom is 0.0991 e. The van der Waals surface area contributed by atoms with Gasteiger partial charge in [-0.15, -0.1) is 0 Å². The van der Waals surface area contributed by atoms with E-state index in [1.165, 1.54) is 12.0 Å². The molecule has 1 rings (SSSR count). The highest BCUT2D eigenvalue weighted by Crippen LogP contribution is 2.10. The topological polar surface area (TPSA) is 27.0 Å². The molecular weight excluding hydrogens is 196 g/mol. The van der Waals surface area contributed by atoms with Gasteiger partial charge in [0.1, 0.15) is 0 Å². The highest BCUT2D eigenvalue weighted by atomic mass is 15.1. The van der Waals surface area contributed by atoms with E-state index in [1.807, 2.05) is 24.3 Å². The van der Waals surface area contributed by atoms with Crippen molar-refractivity contribution in [3.63, 3.8) is 0 Å². The van der Waals surface area contributed by atoms with Crippen LogP contribution in [0.15, 0.2) is 24.3 Å². The molecule has 0 saturated carbocycles. The minimum Gasteiger partial charge on any atom is -0.297 e. The lowest BCUT2D eigenvalue weighted by atomic mass is 10.1. The molecule has 0 unspecified atom stereocenters. The number of benzene rings is 1. The van der Waals surface area contributed by atoms with Crippen LogP contribution in [0.5, 0.6) is 0 Å². The lowest BCUT2D eigenvalue weighted by Gasteiger charge is -2.25. The molecule has 0 spiro atoms. The second-order valence-corrected chi connectivity index (χ2v) is 4.37. The molecule has 0 aromatic heterocycles. The third kappa shape index (κ3) is 3.67. The average molecular weight is 216 g/mol. The van der Waals surface area contributed by atoms with Crippen LogP contribution in [-0.4, -0.2) is 17.5 Å². The second-order valence-electron chi connectivity index (χ2n) is 4.37. The van der Waals surface area contributed by atoms with Crippen molar-refractivity contribution in [2.75, 3.05) is 6.54 Å². The fraction of sp³-hybridized carbons (Fsp3) is 0.500. The number of hydrogen-bond acceptors (Lipinski definition) is 2. The molecule has 0 amide bonds. The summed E-state index contributed by atoms with van der Waals surface area (Å²) in [5, 5.41) is 8.72. The summed E-state index contributed by atoms with van der Waals surface area (Å²) in [6, 6.07) is 10.6. The molecule has 86 valence electrons. The predicted molar refractivity (Wildman–Crippen MR) is 67.0 cm³/mol. The molecule has 0 aliphatic rings. The smallest absolute Gasteiger partial charge is 0.0991 e. The van der Waals surface area contributed by atoms with Crippen LogP contribution in [0.25, 0.3) is 0 Å². The third-order valence-electron chi connectivity index (χ3n) is 2.71. The zero-order valence-corrected chi connectivity index (χ0v) is 10.4. The van der Waals surface area contributed by atoms with E-state index in [9.17, 15) is 0 Å². The first-order chi connectivity index (χ1) is 7.67. The summed E-state index contributed by atoms with van der Waals surface area (Å²) >= 11 is 0. The summed E-state index contributed by atoms with van der Waals surface area (Å²) in [5.74, 6) is 0. The van der Waals surface area contributed by atoms with E-state index >= 15 is 0 Å². The summed E-state index contributed by atoms with van der Waals surface area (Å²) < 4.78 is 0. The van der Waals surface area contributed by atoms with Crippen LogP contribution in [-0.2, 0) is 6.54 Å². The van der Waals surface area contributed by atoms with E-state index in [1.54, 1.807) is 0 Å². The van der Waals surface area contributed by atoms with Gasteiger partial charge in [0.2, 0.25) is 0 Å². The summed E-state index contributed by atoms with van der Waals surface area (Å²) in [7, 11) is 0. The van der Waals surface area contributed by atoms with Crippen LogP contribution in [0.1, 0.15) is 38.3 Å². The van der Waals surface area contributed by atoms with Crippen molar-refractivity contribution in [2.24, 2.45) is 0 Å². The fourth-order valence-corrected chi connectivity index (χ4v) is 1.73. The molecular formula is C14H20N2. The molecule has 1 aromatic carbocycles. The maximum absolute atomic E-state index is 8.72. The van der Waals surface area contributed by atoms with E-state index in [0.717, 1.165) is 18.7 Å². The average Bonchev–Trinajstić information content (AvgIpc) is 2.29. The van der Waals surface area contributed by atoms with Crippen molar-refractivity contribution >= 4 is 0 Å². The minimum absolute atomic E-state index is 0.565. The molecule has 0 radical (unpaired) electrons. The Morgan fingerprint density at radius 1 is 1.25 bits per heavy atom. The van der Waals surface area contributed by atoms with Gasteiger partial charge in [-0.3, -0.25) is 4.90 Å². The summed E-state index contributed by atoms with van der Waals surface area (Å²) in [6.07, 6.45) is 1.18. The lowest BCUT2D eigenvalue weighted by Crippen LogP contribution is -2.30. The molecule has 1 aromatic rings. The van der Waals surface area contributed by atoms with Crippen LogP contribution in [0.3, 0.4) is 0 Å². The summed E-state index contributed by atoms with van der Waals surface area (Å²) in [4.78, 5) is 2.45. The number of hydrogen-bond donors (Lipinski definition) is 0. The van der Waals surface area contributed by atoms with Crippen LogP contribution in [0, 0.1) is 11.3 Å². The highest BCUT2D eigenvalue weighted by molar-refractivity contribution is 5.31. The van der Waals surface area contributed by atoms with Gasteiger partial charge in [0.15, 0.2) is 0 Å². The Balaban J connectivity index is 2.66. The number of rotatable bonds is 5. The molecule has 0 atom stereocenters. The molecule has 0 aliphatic carbocycles. The molecule has 0 saturated heterocycles. The van der Waals surface area contributed by atoms with E-state index in [-0.39, 0.29) is 0 Å². The molecule has 0 heterocycles. The van der Waals surface area contributed by atoms with Gasteiger partial charge in [-0.2, -0.15) is 5.26 Å². The van der Waals surface area contributed by atoms with Crippen molar-refractivity contribution in [1.29, 1.82) is 5.26 Å². The first-order valence-corrected chi connectivity index (χ1v) is 5.90. The van der Waals surface area contributed by atoms with Crippen molar-refractivity contribution in [1.82, 2.24) is 4.90 Å². The van der Waals surface area contributed by atoms with Gasteiger partial charge in [0, 0.05) is 12.6 Å². The maximum atomic E-state index is 8.72. The molecule has 0 fully saturated rings. The van der Waals surface area contributed by atoms with Gasteiger partial charge in [-0.05, 0) is 44.5 Å². The second kappa shape index (κ2) is 6.30. The standard InChI is InChI=1S/C14H20N2/c1-4-9-16(12(2)3)11-14-7-5-13(10-15)6-8-14/h5-8,12H,4,9,11H2,1-3H3. The van der Waals surface area contributed by atoms with Gasteiger partial charge < -0.3 is 0 Å². The Hall–Kier alpha value is -1.33. The van der Waals surface area contributed by atoms with Gasteiger partial charge in [-0.1, -0.05) is 19.1 Å². The molecule has 2 nitrogen and oxygen atoms in total. The van der Waals surface area contributed by atoms with Gasteiger partial charge in [-0.25, -0.2) is 0 Å². The Morgan fingerprint density at radius 3 is 2.31 bits per heavy atom. The van der Waals surface area contributed by atoms with E-state index < -0.39 is 0 Å². The zero-order chi connectivity index (χ0) is 12.0. The third-order valence-corrected chi connectivity index (χ3v) is 2.71. The van der Waals surface area contributed by atoms with Crippen molar-refractivity contribution in [3.05, 3.63) is 35.4 Å². The van der Waals surface area contributed by atoms with E-state index in [4.69, 9.17) is 5.26 Å². The lowest BCUT2D eigenvalue weighted by molar-refractivity contribution is 0.213. The zero-order valence-electron chi connectivity index (χ0n) is 10.4. The molecule has 0 bridgehead atoms. The van der Waals surface area contributed by atoms with Crippen LogP contribution in [0.4, 0.5) is 0 Å². The minimum atomic E-state index is 0.565. The predicted octanol–water partition coefficient (Wildman–Crippen LogP) is 3.18. The SMILES string of the molecule is CCCN(Cc1ccc(C#N)cc1)C(C)C. The van der Waals surface area contributed by atoms with Gasteiger partial charge >= 0.3 is 0 Å². The Kier molecular flexibility index (Phi) is 5.01. The van der Waals surface area contributed by atoms with Crippen molar-refractivity contribution in [2.45, 2.75) is 39.8 Å². The largest absolute Gasteiger partial charge is 0.297 e. The summed E-state index contributed by atoms with van der Waals surface area (Å²) in [5.41, 5.74) is 2.01. The van der Waals surface area contributed by atoms with E-state index in [2.05, 4.69) is 31.7 Å². The van der Waals surface area contributed by atoms with Crippen molar-refractivity contribution < 1.29 is 0 Å². The first kappa shape index (κ1) is 12.7. The molecule has 0 N–H and O–H groups in total. The normalized spacial score (nSPS) is 10.8. The summed E-state index contributed by atoms with van der Waals surface area (Å²) in [6.45, 7) is 8.74. The Bertz CT molecular complexity index is 346. The first-order valence-electron chi connectivity index (χ1n) is 5.90. The van der Waals surface area contributed by atoms with Crippen molar-refractivity contribution in [3.8, 4) is 6.07 Å². The monoisotopic (exact) mass is 216 g/mol. The van der Waals surface area contributed by atoms with E-state index in [0.29, 0.717) is 6.04 Å². The fourth-order valence-electron chi connectivity index (χ4n) is 1.73. The molecule has 0 aliphatic heterocycles. The highest BCUT2D eigenvalue weighted by Gasteiger charge is 2.08. The van der Waals surface area contributed by atoms with Crippen LogP contribution in [0.2, 0.25) is 0 Å². The van der Waals surface area contributed by atoms with Gasteiger partial charge in [0.05, 0.1) is 11.6 Å². The molecule has 2 heteroatoms. The Labute approximate surface area is 98.5 Å². The Morgan fingerprint density at radius 2 is 1.88 bits per heavy atom. The number of nitrogens with zero attached hydrogens (tertiary/aromatic N) is 2. The molecule has 16 heavy (non-hydrogen) atoms. The number of nitriles is 1. The quantitative estimate of drug-likeness (QED) is 0.756. The van der Waals surface area contributed by atoms with Gasteiger partial charge in [0.25, 0.3) is 0 Å².